The Morgan fingerprint density at radius 2 is 1.83 bits per heavy atom. The van der Waals surface area contributed by atoms with Crippen LogP contribution in [0.3, 0.4) is 0 Å². The molecule has 0 saturated carbocycles. The molecule has 3 aliphatic heterocycles. The maximum absolute atomic E-state index is 12.0. The molecule has 3 aliphatic rings. The molecule has 0 aromatic heterocycles. The van der Waals surface area contributed by atoms with Gasteiger partial charge in [0.25, 0.3) is 0 Å². The molecule has 3 aromatic rings. The average Bonchev–Trinajstić information content (AvgIpc) is 2.98. The zero-order chi connectivity index (χ0) is 28.5. The Hall–Kier alpha value is -3.46. The van der Waals surface area contributed by atoms with Crippen LogP contribution in [0.25, 0.3) is 0 Å². The molecule has 3 aromatic carbocycles. The van der Waals surface area contributed by atoms with Gasteiger partial charge in [0.2, 0.25) is 0 Å². The third kappa shape index (κ3) is 5.32. The van der Waals surface area contributed by atoms with Crippen LogP contribution >= 0.6 is 0 Å². The van der Waals surface area contributed by atoms with Crippen molar-refractivity contribution in [2.24, 2.45) is 11.8 Å². The Morgan fingerprint density at radius 3 is 2.63 bits per heavy atom. The van der Waals surface area contributed by atoms with E-state index in [1.54, 1.807) is 32.4 Å². The van der Waals surface area contributed by atoms with E-state index in [0.29, 0.717) is 48.9 Å². The second kappa shape index (κ2) is 11.8. The molecule has 0 radical (unpaired) electrons. The van der Waals surface area contributed by atoms with Gasteiger partial charge < -0.3 is 39.0 Å². The molecule has 8 nitrogen and oxygen atoms in total. The highest BCUT2D eigenvalue weighted by atomic mass is 16.5. The summed E-state index contributed by atoms with van der Waals surface area (Å²) in [6.07, 6.45) is 1.50. The van der Waals surface area contributed by atoms with E-state index in [1.165, 1.54) is 0 Å². The van der Waals surface area contributed by atoms with Crippen molar-refractivity contribution in [1.82, 2.24) is 0 Å². The number of phenolic OH excluding ortho intramolecular Hbond substituents is 1. The summed E-state index contributed by atoms with van der Waals surface area (Å²) in [6, 6.07) is 14.6. The molecule has 8 heteroatoms. The van der Waals surface area contributed by atoms with Crippen molar-refractivity contribution in [3.05, 3.63) is 76.3 Å². The van der Waals surface area contributed by atoms with Gasteiger partial charge in [-0.3, -0.25) is 0 Å². The number of fused-ring (bicyclic) bond motifs is 4. The lowest BCUT2D eigenvalue weighted by Gasteiger charge is -2.45. The van der Waals surface area contributed by atoms with Gasteiger partial charge in [0.15, 0.2) is 0 Å². The number of hydrogen-bond donors (Lipinski definition) is 3. The number of methoxy groups -OCH3 is 2. The van der Waals surface area contributed by atoms with Gasteiger partial charge in [0.05, 0.1) is 32.5 Å². The zero-order valence-electron chi connectivity index (χ0n) is 23.5. The van der Waals surface area contributed by atoms with E-state index in [9.17, 15) is 15.3 Å². The Labute approximate surface area is 240 Å². The van der Waals surface area contributed by atoms with Gasteiger partial charge in [-0.2, -0.15) is 0 Å². The van der Waals surface area contributed by atoms with E-state index in [4.69, 9.17) is 23.7 Å². The van der Waals surface area contributed by atoms with Crippen molar-refractivity contribution in [3.8, 4) is 28.7 Å². The lowest BCUT2D eigenvalue weighted by molar-refractivity contribution is -0.0894. The summed E-state index contributed by atoms with van der Waals surface area (Å²) in [4.78, 5) is 0. The monoisotopic (exact) mass is 562 g/mol. The van der Waals surface area contributed by atoms with Crippen LogP contribution in [-0.2, 0) is 17.6 Å². The number of aliphatic hydroxyl groups is 2. The predicted molar refractivity (Wildman–Crippen MR) is 152 cm³/mol. The predicted octanol–water partition coefficient (Wildman–Crippen LogP) is 4.90. The molecule has 41 heavy (non-hydrogen) atoms. The second-order valence-corrected chi connectivity index (χ2v) is 11.2. The van der Waals surface area contributed by atoms with Crippen molar-refractivity contribution >= 4 is 0 Å². The summed E-state index contributed by atoms with van der Waals surface area (Å²) in [5.74, 6) is 2.04. The van der Waals surface area contributed by atoms with Crippen LogP contribution in [0.4, 0.5) is 0 Å². The highest BCUT2D eigenvalue weighted by Crippen LogP contribution is 2.52. The number of phenols is 1. The molecule has 6 rings (SSSR count). The number of benzene rings is 3. The lowest BCUT2D eigenvalue weighted by atomic mass is 9.71. The first-order valence-electron chi connectivity index (χ1n) is 14.4. The molecule has 218 valence electrons. The summed E-state index contributed by atoms with van der Waals surface area (Å²) >= 11 is 0. The summed E-state index contributed by atoms with van der Waals surface area (Å²) in [7, 11) is 3.27. The van der Waals surface area contributed by atoms with E-state index < -0.39 is 24.0 Å². The highest BCUT2D eigenvalue weighted by Gasteiger charge is 2.48. The second-order valence-electron chi connectivity index (χ2n) is 11.2. The van der Waals surface area contributed by atoms with E-state index in [-0.39, 0.29) is 18.5 Å². The van der Waals surface area contributed by atoms with E-state index in [2.05, 4.69) is 0 Å². The van der Waals surface area contributed by atoms with Crippen LogP contribution in [0.2, 0.25) is 0 Å². The maximum atomic E-state index is 12.0. The number of rotatable bonds is 8. The number of aliphatic hydroxyl groups excluding tert-OH is 2. The van der Waals surface area contributed by atoms with Gasteiger partial charge >= 0.3 is 0 Å². The highest BCUT2D eigenvalue weighted by molar-refractivity contribution is 5.54. The number of aromatic hydroxyl groups is 1. The topological polar surface area (TPSA) is 107 Å². The minimum atomic E-state index is -0.915. The lowest BCUT2D eigenvalue weighted by Crippen LogP contribution is -2.46. The molecular weight excluding hydrogens is 524 g/mol. The van der Waals surface area contributed by atoms with Crippen LogP contribution in [0.5, 0.6) is 28.7 Å². The normalized spacial score (nSPS) is 24.6. The Morgan fingerprint density at radius 1 is 0.976 bits per heavy atom. The summed E-state index contributed by atoms with van der Waals surface area (Å²) in [5, 5.41) is 33.9. The maximum Gasteiger partial charge on any atom is 0.128 e. The minimum Gasteiger partial charge on any atom is -0.508 e. The molecule has 0 amide bonds. The van der Waals surface area contributed by atoms with Crippen molar-refractivity contribution in [2.75, 3.05) is 34.0 Å². The van der Waals surface area contributed by atoms with Crippen LogP contribution in [-0.4, -0.2) is 55.5 Å². The van der Waals surface area contributed by atoms with Gasteiger partial charge in [-0.1, -0.05) is 12.1 Å². The zero-order valence-corrected chi connectivity index (χ0v) is 23.5. The van der Waals surface area contributed by atoms with E-state index in [0.717, 1.165) is 47.3 Å². The van der Waals surface area contributed by atoms with Crippen LogP contribution in [0.15, 0.2) is 48.5 Å². The number of ether oxygens (including phenoxy) is 5. The molecule has 0 aliphatic carbocycles. The van der Waals surface area contributed by atoms with Gasteiger partial charge in [-0.15, -0.1) is 0 Å². The van der Waals surface area contributed by atoms with Crippen LogP contribution < -0.4 is 18.9 Å². The van der Waals surface area contributed by atoms with Gasteiger partial charge in [-0.05, 0) is 67.6 Å². The van der Waals surface area contributed by atoms with E-state index >= 15 is 0 Å². The average molecular weight is 563 g/mol. The molecule has 0 unspecified atom stereocenters. The molecule has 0 saturated heterocycles. The molecule has 0 fully saturated rings. The third-order valence-electron chi connectivity index (χ3n) is 8.66. The summed E-state index contributed by atoms with van der Waals surface area (Å²) in [5.41, 5.74) is 4.16. The quantitative estimate of drug-likeness (QED) is 0.333. The molecular formula is C33H38O8. The SMILES string of the molecule is COCCC[C@H]1Oc2ccc3c(c2[C@H](O)[C@@H]1[C@H]1COc2c(Cc4cccc(O)c4)cc(OC)cc2[C@H]1O)CCCO3. The Bertz CT molecular complexity index is 1390. The minimum absolute atomic E-state index is 0.193. The standard InChI is InChI=1S/C33H38O8/c1-37-12-5-9-27-30(32(36)29-23-8-4-13-39-26(23)10-11-28(29)41-27)25-18-40-33-20(14-19-6-3-7-21(34)15-19)16-22(38-2)17-24(33)31(25)35/h3,6-7,10-11,15-17,25,27,30-32,34-36H,4-5,8-9,12-14,18H2,1-2H3/t25-,27-,30-,31-,32+/m1/s1. The first kappa shape index (κ1) is 27.7. The largest absolute Gasteiger partial charge is 0.508 e. The first-order valence-corrected chi connectivity index (χ1v) is 14.4. The Kier molecular flexibility index (Phi) is 7.97. The van der Waals surface area contributed by atoms with Crippen molar-refractivity contribution in [3.63, 3.8) is 0 Å². The fourth-order valence-corrected chi connectivity index (χ4v) is 6.74. The van der Waals surface area contributed by atoms with Gasteiger partial charge in [0, 0.05) is 54.2 Å². The molecule has 0 bridgehead atoms. The fraction of sp³-hybridized carbons (Fsp3) is 0.455. The van der Waals surface area contributed by atoms with Crippen molar-refractivity contribution < 1.29 is 39.0 Å². The fourth-order valence-electron chi connectivity index (χ4n) is 6.74. The molecule has 5 atom stereocenters. The first-order chi connectivity index (χ1) is 20.0. The summed E-state index contributed by atoms with van der Waals surface area (Å²) < 4.78 is 29.8. The Balaban J connectivity index is 1.37. The molecule has 0 spiro atoms. The van der Waals surface area contributed by atoms with Crippen molar-refractivity contribution in [1.29, 1.82) is 0 Å². The van der Waals surface area contributed by atoms with Crippen LogP contribution in [0, 0.1) is 11.8 Å². The summed E-state index contributed by atoms with van der Waals surface area (Å²) in [6.45, 7) is 1.46. The van der Waals surface area contributed by atoms with E-state index in [1.807, 2.05) is 30.3 Å². The van der Waals surface area contributed by atoms with Crippen molar-refractivity contribution in [2.45, 2.75) is 50.4 Å². The van der Waals surface area contributed by atoms with Crippen LogP contribution in [0.1, 0.15) is 59.3 Å². The smallest absolute Gasteiger partial charge is 0.128 e. The van der Waals surface area contributed by atoms with Gasteiger partial charge in [-0.25, -0.2) is 0 Å². The number of hydrogen-bond acceptors (Lipinski definition) is 8. The molecule has 3 N–H and O–H groups in total. The third-order valence-corrected chi connectivity index (χ3v) is 8.66. The molecule has 3 heterocycles. The van der Waals surface area contributed by atoms with Gasteiger partial charge in [0.1, 0.15) is 34.9 Å².